The van der Waals surface area contributed by atoms with E-state index in [4.69, 9.17) is 12.2 Å². The molecule has 0 atom stereocenters. The van der Waals surface area contributed by atoms with Gasteiger partial charge in [0.15, 0.2) is 5.11 Å². The van der Waals surface area contributed by atoms with Gasteiger partial charge in [0.1, 0.15) is 0 Å². The lowest BCUT2D eigenvalue weighted by Gasteiger charge is -2.11. The van der Waals surface area contributed by atoms with Crippen molar-refractivity contribution in [3.8, 4) is 0 Å². The zero-order chi connectivity index (χ0) is 12.1. The molecule has 0 aliphatic rings. The molecule has 0 aliphatic carbocycles. The van der Waals surface area contributed by atoms with Crippen molar-refractivity contribution in [2.45, 2.75) is 34.2 Å². The Morgan fingerprint density at radius 2 is 2.06 bits per heavy atom. The largest absolute Gasteiger partial charge is 0.362 e. The summed E-state index contributed by atoms with van der Waals surface area (Å²) in [5.74, 6) is 0.617. The third-order valence-corrected chi connectivity index (χ3v) is 3.75. The zero-order valence-corrected chi connectivity index (χ0v) is 12.0. The predicted molar refractivity (Wildman–Crippen MR) is 76.1 cm³/mol. The van der Waals surface area contributed by atoms with Crippen LogP contribution in [0, 0.1) is 19.8 Å². The fraction of sp³-hybridized carbons (Fsp3) is 0.583. The molecular formula is C12H20N2S2. The lowest BCUT2D eigenvalue weighted by molar-refractivity contribution is 0.619. The van der Waals surface area contributed by atoms with Gasteiger partial charge in [-0.25, -0.2) is 0 Å². The molecule has 0 spiro atoms. The third kappa shape index (κ3) is 4.49. The van der Waals surface area contributed by atoms with Crippen molar-refractivity contribution in [1.82, 2.24) is 10.6 Å². The van der Waals surface area contributed by atoms with Gasteiger partial charge in [0.2, 0.25) is 0 Å². The summed E-state index contributed by atoms with van der Waals surface area (Å²) in [6.07, 6.45) is 0. The second-order valence-electron chi connectivity index (χ2n) is 4.41. The van der Waals surface area contributed by atoms with E-state index in [-0.39, 0.29) is 0 Å². The highest BCUT2D eigenvalue weighted by Crippen LogP contribution is 2.20. The van der Waals surface area contributed by atoms with E-state index in [2.05, 4.69) is 44.4 Å². The highest BCUT2D eigenvalue weighted by Gasteiger charge is 2.02. The Kier molecular flexibility index (Phi) is 5.22. The molecule has 0 radical (unpaired) electrons. The van der Waals surface area contributed by atoms with Crippen LogP contribution in [0.3, 0.4) is 0 Å². The topological polar surface area (TPSA) is 24.1 Å². The maximum absolute atomic E-state index is 5.19. The highest BCUT2D eigenvalue weighted by molar-refractivity contribution is 7.80. The van der Waals surface area contributed by atoms with Crippen molar-refractivity contribution >= 4 is 28.7 Å². The maximum Gasteiger partial charge on any atom is 0.166 e. The predicted octanol–water partition coefficient (Wildman–Crippen LogP) is 2.99. The molecule has 0 unspecified atom stereocenters. The van der Waals surface area contributed by atoms with Crippen molar-refractivity contribution in [1.29, 1.82) is 0 Å². The number of thiophene rings is 1. The van der Waals surface area contributed by atoms with Crippen LogP contribution in [0.5, 0.6) is 0 Å². The average molecular weight is 256 g/mol. The first kappa shape index (κ1) is 13.5. The van der Waals surface area contributed by atoms with E-state index in [1.807, 2.05) is 11.3 Å². The molecule has 90 valence electrons. The van der Waals surface area contributed by atoms with E-state index >= 15 is 0 Å². The number of nitrogens with one attached hydrogen (secondary N) is 2. The fourth-order valence-electron chi connectivity index (χ4n) is 1.26. The fourth-order valence-corrected chi connectivity index (χ4v) is 2.41. The van der Waals surface area contributed by atoms with Gasteiger partial charge in [0.25, 0.3) is 0 Å². The minimum Gasteiger partial charge on any atom is -0.362 e. The van der Waals surface area contributed by atoms with Crippen molar-refractivity contribution in [3.63, 3.8) is 0 Å². The van der Waals surface area contributed by atoms with Crippen molar-refractivity contribution < 1.29 is 0 Å². The maximum atomic E-state index is 5.19. The molecule has 2 N–H and O–H groups in total. The normalized spacial score (nSPS) is 10.6. The molecule has 2 nitrogen and oxygen atoms in total. The number of hydrogen-bond donors (Lipinski definition) is 2. The number of thiocarbonyl (C=S) groups is 1. The summed E-state index contributed by atoms with van der Waals surface area (Å²) in [7, 11) is 0. The van der Waals surface area contributed by atoms with Crippen LogP contribution in [0.4, 0.5) is 0 Å². The lowest BCUT2D eigenvalue weighted by Crippen LogP contribution is -2.36. The number of rotatable bonds is 4. The van der Waals surface area contributed by atoms with Crippen molar-refractivity contribution in [3.05, 3.63) is 21.4 Å². The molecule has 0 saturated carbocycles. The Labute approximate surface area is 107 Å². The first-order chi connectivity index (χ1) is 7.49. The summed E-state index contributed by atoms with van der Waals surface area (Å²) in [6, 6.07) is 2.22. The van der Waals surface area contributed by atoms with Crippen LogP contribution in [0.1, 0.15) is 29.2 Å². The zero-order valence-electron chi connectivity index (χ0n) is 10.4. The van der Waals surface area contributed by atoms with Gasteiger partial charge < -0.3 is 10.6 Å². The standard InChI is InChI=1S/C12H20N2S2/c1-8(2)6-13-12(15)14-7-11-5-9(3)10(4)16-11/h5,8H,6-7H2,1-4H3,(H2,13,14,15). The van der Waals surface area contributed by atoms with Crippen LogP contribution in [0.2, 0.25) is 0 Å². The second kappa shape index (κ2) is 6.21. The first-order valence-corrected chi connectivity index (χ1v) is 6.79. The van der Waals surface area contributed by atoms with E-state index in [0.29, 0.717) is 5.92 Å². The Morgan fingerprint density at radius 1 is 1.38 bits per heavy atom. The van der Waals surface area contributed by atoms with Gasteiger partial charge in [-0.05, 0) is 43.6 Å². The smallest absolute Gasteiger partial charge is 0.166 e. The molecule has 16 heavy (non-hydrogen) atoms. The molecule has 0 saturated heterocycles. The average Bonchev–Trinajstić information content (AvgIpc) is 2.52. The molecule has 0 amide bonds. The van der Waals surface area contributed by atoms with Crippen LogP contribution in [-0.2, 0) is 6.54 Å². The minimum absolute atomic E-state index is 0.617. The Hall–Kier alpha value is -0.610. The lowest BCUT2D eigenvalue weighted by atomic mass is 10.2. The van der Waals surface area contributed by atoms with Gasteiger partial charge in [0.05, 0.1) is 6.54 Å². The van der Waals surface area contributed by atoms with Crippen LogP contribution in [0.15, 0.2) is 6.07 Å². The number of hydrogen-bond acceptors (Lipinski definition) is 2. The van der Waals surface area contributed by atoms with E-state index < -0.39 is 0 Å². The molecule has 1 aromatic heterocycles. The van der Waals surface area contributed by atoms with Crippen LogP contribution < -0.4 is 10.6 Å². The van der Waals surface area contributed by atoms with Crippen LogP contribution >= 0.6 is 23.6 Å². The third-order valence-electron chi connectivity index (χ3n) is 2.31. The van der Waals surface area contributed by atoms with E-state index in [0.717, 1.165) is 18.2 Å². The Balaban J connectivity index is 2.31. The molecule has 0 aromatic carbocycles. The minimum atomic E-state index is 0.617. The van der Waals surface area contributed by atoms with Gasteiger partial charge >= 0.3 is 0 Å². The van der Waals surface area contributed by atoms with Gasteiger partial charge in [-0.15, -0.1) is 11.3 Å². The SMILES string of the molecule is Cc1cc(CNC(=S)NCC(C)C)sc1C. The van der Waals surface area contributed by atoms with Crippen molar-refractivity contribution in [2.75, 3.05) is 6.54 Å². The summed E-state index contributed by atoms with van der Waals surface area (Å²) in [6.45, 7) is 10.4. The van der Waals surface area contributed by atoms with Gasteiger partial charge in [-0.2, -0.15) is 0 Å². The molecule has 0 bridgehead atoms. The van der Waals surface area contributed by atoms with Gasteiger partial charge in [-0.1, -0.05) is 13.8 Å². The van der Waals surface area contributed by atoms with Crippen molar-refractivity contribution in [2.24, 2.45) is 5.92 Å². The summed E-state index contributed by atoms with van der Waals surface area (Å²) in [5.41, 5.74) is 1.36. The van der Waals surface area contributed by atoms with E-state index in [1.165, 1.54) is 15.3 Å². The Bertz CT molecular complexity index is 336. The first-order valence-electron chi connectivity index (χ1n) is 5.56. The summed E-state index contributed by atoms with van der Waals surface area (Å²) in [5, 5.41) is 7.17. The molecule has 1 rings (SSSR count). The van der Waals surface area contributed by atoms with Crippen LogP contribution in [0.25, 0.3) is 0 Å². The summed E-state index contributed by atoms with van der Waals surface area (Å²) < 4.78 is 0. The van der Waals surface area contributed by atoms with Gasteiger partial charge in [-0.3, -0.25) is 0 Å². The molecule has 4 heteroatoms. The molecule has 0 fully saturated rings. The second-order valence-corrected chi connectivity index (χ2v) is 6.16. The molecule has 1 aromatic rings. The van der Waals surface area contributed by atoms with Gasteiger partial charge in [0, 0.05) is 16.3 Å². The molecule has 1 heterocycles. The van der Waals surface area contributed by atoms with E-state index in [9.17, 15) is 0 Å². The molecular weight excluding hydrogens is 236 g/mol. The molecule has 0 aliphatic heterocycles. The summed E-state index contributed by atoms with van der Waals surface area (Å²) >= 11 is 7.02. The monoisotopic (exact) mass is 256 g/mol. The quantitative estimate of drug-likeness (QED) is 0.810. The van der Waals surface area contributed by atoms with E-state index in [1.54, 1.807) is 0 Å². The highest BCUT2D eigenvalue weighted by atomic mass is 32.1. The van der Waals surface area contributed by atoms with Crippen LogP contribution in [-0.4, -0.2) is 11.7 Å². The summed E-state index contributed by atoms with van der Waals surface area (Å²) in [4.78, 5) is 2.72. The Morgan fingerprint density at radius 3 is 2.56 bits per heavy atom. The number of aryl methyl sites for hydroxylation is 2.